The number of nitrogens with zero attached hydrogens (tertiary/aromatic N) is 1. The average molecular weight is 447 g/mol. The molecule has 0 saturated heterocycles. The zero-order chi connectivity index (χ0) is 20.2. The highest BCUT2D eigenvalue weighted by molar-refractivity contribution is 9.10. The number of benzene rings is 3. The number of nitrogens with one attached hydrogen (secondary N) is 1. The Morgan fingerprint density at radius 2 is 1.69 bits per heavy atom. The maximum atomic E-state index is 13.2. The molecule has 1 atom stereocenters. The van der Waals surface area contributed by atoms with E-state index in [0.717, 1.165) is 26.9 Å². The van der Waals surface area contributed by atoms with Crippen LogP contribution in [0.25, 0.3) is 6.08 Å². The molecule has 3 aromatic rings. The largest absolute Gasteiger partial charge is 0.324 e. The number of hydrogen-bond acceptors (Lipinski definition) is 2. The summed E-state index contributed by atoms with van der Waals surface area (Å²) in [6.45, 7) is -0.0240. The summed E-state index contributed by atoms with van der Waals surface area (Å²) in [5.74, 6) is -0.431. The molecule has 3 aromatic carbocycles. The molecular formula is C24H19BrN2O2. The van der Waals surface area contributed by atoms with E-state index in [2.05, 4.69) is 21.2 Å². The van der Waals surface area contributed by atoms with Gasteiger partial charge in [0.05, 0.1) is 6.04 Å². The third kappa shape index (κ3) is 4.30. The quantitative estimate of drug-likeness (QED) is 0.573. The predicted octanol–water partition coefficient (Wildman–Crippen LogP) is 5.03. The van der Waals surface area contributed by atoms with Crippen LogP contribution >= 0.6 is 15.9 Å². The zero-order valence-corrected chi connectivity index (χ0v) is 17.2. The van der Waals surface area contributed by atoms with Crippen LogP contribution in [-0.2, 0) is 9.59 Å². The zero-order valence-electron chi connectivity index (χ0n) is 15.6. The van der Waals surface area contributed by atoms with Gasteiger partial charge in [-0.2, -0.15) is 0 Å². The van der Waals surface area contributed by atoms with Gasteiger partial charge in [0.15, 0.2) is 0 Å². The summed E-state index contributed by atoms with van der Waals surface area (Å²) in [5, 5.41) is 2.93. The van der Waals surface area contributed by atoms with Gasteiger partial charge in [0, 0.05) is 21.8 Å². The minimum absolute atomic E-state index is 0.0240. The highest BCUT2D eigenvalue weighted by atomic mass is 79.9. The molecule has 0 radical (unpaired) electrons. The Bertz CT molecular complexity index is 1060. The van der Waals surface area contributed by atoms with Gasteiger partial charge in [-0.25, -0.2) is 0 Å². The number of carbonyl (C=O) groups excluding carboxylic acids is 2. The van der Waals surface area contributed by atoms with Gasteiger partial charge >= 0.3 is 0 Å². The van der Waals surface area contributed by atoms with E-state index in [-0.39, 0.29) is 24.4 Å². The van der Waals surface area contributed by atoms with Crippen molar-refractivity contribution in [3.05, 3.63) is 106 Å². The predicted molar refractivity (Wildman–Crippen MR) is 118 cm³/mol. The summed E-state index contributed by atoms with van der Waals surface area (Å²) in [7, 11) is 0. The third-order valence-electron chi connectivity index (χ3n) is 4.82. The van der Waals surface area contributed by atoms with Crippen molar-refractivity contribution in [3.8, 4) is 0 Å². The van der Waals surface area contributed by atoms with Crippen molar-refractivity contribution in [2.45, 2.75) is 6.04 Å². The Kier molecular flexibility index (Phi) is 5.58. The Hall–Kier alpha value is -3.18. The van der Waals surface area contributed by atoms with Crippen LogP contribution in [0.1, 0.15) is 22.7 Å². The van der Waals surface area contributed by atoms with Crippen molar-refractivity contribution in [1.29, 1.82) is 0 Å². The molecule has 4 nitrogen and oxygen atoms in total. The summed E-state index contributed by atoms with van der Waals surface area (Å²) in [4.78, 5) is 27.4. The standard InChI is InChI=1S/C24H19BrN2O2/c25-19-12-13-21-20(15-19)24(18-9-5-2-6-10-18)27(16-22(28)26-21)23(29)14-11-17-7-3-1-4-8-17/h1-15,24H,16H2,(H,26,28)/b14-11+/t24-/m0/s1. The number of rotatable bonds is 3. The van der Waals surface area contributed by atoms with Crippen molar-refractivity contribution in [2.24, 2.45) is 0 Å². The lowest BCUT2D eigenvalue weighted by molar-refractivity contribution is -0.131. The van der Waals surface area contributed by atoms with Gasteiger partial charge < -0.3 is 10.2 Å². The molecular weight excluding hydrogens is 428 g/mol. The number of fused-ring (bicyclic) bond motifs is 1. The second kappa shape index (κ2) is 8.45. The Labute approximate surface area is 178 Å². The molecule has 1 aliphatic rings. The van der Waals surface area contributed by atoms with E-state index < -0.39 is 0 Å². The van der Waals surface area contributed by atoms with Gasteiger partial charge in [0.2, 0.25) is 11.8 Å². The molecule has 0 unspecified atom stereocenters. The molecule has 144 valence electrons. The first kappa shape index (κ1) is 19.2. The van der Waals surface area contributed by atoms with Crippen LogP contribution in [0.2, 0.25) is 0 Å². The van der Waals surface area contributed by atoms with E-state index in [1.54, 1.807) is 11.0 Å². The molecule has 0 bridgehead atoms. The van der Waals surface area contributed by atoms with Gasteiger partial charge in [-0.05, 0) is 35.4 Å². The maximum absolute atomic E-state index is 13.2. The van der Waals surface area contributed by atoms with Crippen LogP contribution in [0.4, 0.5) is 5.69 Å². The number of hydrogen-bond donors (Lipinski definition) is 1. The Morgan fingerprint density at radius 1 is 1.00 bits per heavy atom. The first-order valence-corrected chi connectivity index (χ1v) is 10.1. The van der Waals surface area contributed by atoms with Crippen molar-refractivity contribution < 1.29 is 9.59 Å². The van der Waals surface area contributed by atoms with E-state index in [0.29, 0.717) is 0 Å². The molecule has 0 spiro atoms. The highest BCUT2D eigenvalue weighted by Gasteiger charge is 2.32. The van der Waals surface area contributed by atoms with Crippen LogP contribution in [0.3, 0.4) is 0 Å². The molecule has 0 fully saturated rings. The minimum atomic E-state index is -0.379. The first-order chi connectivity index (χ1) is 14.1. The fourth-order valence-electron chi connectivity index (χ4n) is 3.50. The van der Waals surface area contributed by atoms with E-state index >= 15 is 0 Å². The number of carbonyl (C=O) groups is 2. The van der Waals surface area contributed by atoms with Crippen LogP contribution in [0.5, 0.6) is 0 Å². The van der Waals surface area contributed by atoms with Gasteiger partial charge in [-0.1, -0.05) is 76.6 Å². The van der Waals surface area contributed by atoms with Gasteiger partial charge in [-0.15, -0.1) is 0 Å². The van der Waals surface area contributed by atoms with Gasteiger partial charge in [-0.3, -0.25) is 9.59 Å². The van der Waals surface area contributed by atoms with Crippen molar-refractivity contribution in [3.63, 3.8) is 0 Å². The smallest absolute Gasteiger partial charge is 0.247 e. The lowest BCUT2D eigenvalue weighted by Gasteiger charge is -2.29. The number of anilines is 1. The van der Waals surface area contributed by atoms with E-state index in [4.69, 9.17) is 0 Å². The topological polar surface area (TPSA) is 49.4 Å². The first-order valence-electron chi connectivity index (χ1n) is 9.30. The van der Waals surface area contributed by atoms with Crippen LogP contribution in [-0.4, -0.2) is 23.3 Å². The Balaban J connectivity index is 1.78. The van der Waals surface area contributed by atoms with Crippen LogP contribution in [0, 0.1) is 0 Å². The SMILES string of the molecule is O=C1CN(C(=O)/C=C/c2ccccc2)[C@@H](c2ccccc2)c2cc(Br)ccc2N1. The Morgan fingerprint density at radius 3 is 2.41 bits per heavy atom. The highest BCUT2D eigenvalue weighted by Crippen LogP contribution is 2.37. The summed E-state index contributed by atoms with van der Waals surface area (Å²) in [5.41, 5.74) is 3.47. The van der Waals surface area contributed by atoms with Gasteiger partial charge in [0.1, 0.15) is 6.54 Å². The molecule has 5 heteroatoms. The summed E-state index contributed by atoms with van der Waals surface area (Å²) >= 11 is 3.52. The average Bonchev–Trinajstić information content (AvgIpc) is 2.89. The second-order valence-corrected chi connectivity index (χ2v) is 7.72. The van der Waals surface area contributed by atoms with Crippen molar-refractivity contribution in [1.82, 2.24) is 4.90 Å². The number of amides is 2. The summed E-state index contributed by atoms with van der Waals surface area (Å²) < 4.78 is 0.889. The van der Waals surface area contributed by atoms with E-state index in [9.17, 15) is 9.59 Å². The van der Waals surface area contributed by atoms with Crippen molar-refractivity contribution in [2.75, 3.05) is 11.9 Å². The van der Waals surface area contributed by atoms with E-state index in [1.165, 1.54) is 6.08 Å². The summed E-state index contributed by atoms with van der Waals surface area (Å²) in [6, 6.07) is 24.7. The summed E-state index contributed by atoms with van der Waals surface area (Å²) in [6.07, 6.45) is 3.30. The molecule has 0 saturated carbocycles. The van der Waals surface area contributed by atoms with E-state index in [1.807, 2.05) is 78.9 Å². The normalized spacial score (nSPS) is 16.2. The molecule has 0 aromatic heterocycles. The van der Waals surface area contributed by atoms with Gasteiger partial charge in [0.25, 0.3) is 0 Å². The lowest BCUT2D eigenvalue weighted by Crippen LogP contribution is -2.38. The molecule has 29 heavy (non-hydrogen) atoms. The monoisotopic (exact) mass is 446 g/mol. The van der Waals surface area contributed by atoms with Crippen LogP contribution < -0.4 is 5.32 Å². The minimum Gasteiger partial charge on any atom is -0.324 e. The van der Waals surface area contributed by atoms with Crippen molar-refractivity contribution >= 4 is 39.5 Å². The maximum Gasteiger partial charge on any atom is 0.247 e. The second-order valence-electron chi connectivity index (χ2n) is 6.80. The molecule has 0 aliphatic carbocycles. The fourth-order valence-corrected chi connectivity index (χ4v) is 3.88. The van der Waals surface area contributed by atoms with Crippen LogP contribution in [0.15, 0.2) is 89.4 Å². The number of halogens is 1. The molecule has 2 amide bonds. The lowest BCUT2D eigenvalue weighted by atomic mass is 9.96. The molecule has 4 rings (SSSR count). The third-order valence-corrected chi connectivity index (χ3v) is 5.32. The fraction of sp³-hybridized carbons (Fsp3) is 0.0833. The molecule has 1 N–H and O–H groups in total. The molecule has 1 aliphatic heterocycles. The molecule has 1 heterocycles.